The fourth-order valence-electron chi connectivity index (χ4n) is 3.53. The molecule has 1 heterocycles. The van der Waals surface area contributed by atoms with Crippen LogP contribution in [0.2, 0.25) is 5.02 Å². The molecular weight excluding hydrogens is 431 g/mol. The van der Waals surface area contributed by atoms with Crippen LogP contribution in [-0.4, -0.2) is 52.5 Å². The Hall–Kier alpha value is -2.00. The zero-order valence-electron chi connectivity index (χ0n) is 16.8. The van der Waals surface area contributed by atoms with E-state index in [0.717, 1.165) is 9.87 Å². The monoisotopic (exact) mass is 454 g/mol. The molecule has 0 spiro atoms. The Labute approximate surface area is 181 Å². The first-order valence-corrected chi connectivity index (χ1v) is 11.3. The van der Waals surface area contributed by atoms with Gasteiger partial charge in [-0.1, -0.05) is 23.7 Å². The van der Waals surface area contributed by atoms with E-state index in [2.05, 4.69) is 5.32 Å². The Bertz CT molecular complexity index is 1020. The van der Waals surface area contributed by atoms with E-state index >= 15 is 0 Å². The Kier molecular flexibility index (Phi) is 6.81. The van der Waals surface area contributed by atoms with E-state index in [0.29, 0.717) is 32.6 Å². The van der Waals surface area contributed by atoms with Crippen molar-refractivity contribution < 1.29 is 22.3 Å². The lowest BCUT2D eigenvalue weighted by atomic mass is 9.74. The van der Waals surface area contributed by atoms with Crippen molar-refractivity contribution in [1.29, 1.82) is 0 Å². The molecule has 1 aliphatic rings. The SMILES string of the molecule is CN(C)S(=O)(=O)c1ccc(Cl)c(C(=O)NCC2(c3ccc(F)cc3)CCOCC2)c1. The maximum atomic E-state index is 13.4. The largest absolute Gasteiger partial charge is 0.381 e. The molecule has 1 amide bonds. The normalized spacial score (nSPS) is 16.4. The molecule has 0 bridgehead atoms. The first kappa shape index (κ1) is 22.7. The zero-order valence-corrected chi connectivity index (χ0v) is 18.4. The van der Waals surface area contributed by atoms with Crippen LogP contribution < -0.4 is 5.32 Å². The average molecular weight is 455 g/mol. The Balaban J connectivity index is 1.85. The van der Waals surface area contributed by atoms with E-state index < -0.39 is 21.3 Å². The molecule has 2 aromatic carbocycles. The van der Waals surface area contributed by atoms with Gasteiger partial charge in [0.05, 0.1) is 15.5 Å². The van der Waals surface area contributed by atoms with E-state index in [1.807, 2.05) is 0 Å². The van der Waals surface area contributed by atoms with Gasteiger partial charge in [-0.2, -0.15) is 0 Å². The maximum absolute atomic E-state index is 13.4. The minimum atomic E-state index is -3.70. The Morgan fingerprint density at radius 1 is 1.17 bits per heavy atom. The highest BCUT2D eigenvalue weighted by molar-refractivity contribution is 7.89. The molecule has 2 aromatic rings. The van der Waals surface area contributed by atoms with Crippen LogP contribution in [0.25, 0.3) is 0 Å². The van der Waals surface area contributed by atoms with E-state index in [9.17, 15) is 17.6 Å². The zero-order chi connectivity index (χ0) is 21.9. The number of benzene rings is 2. The van der Waals surface area contributed by atoms with Gasteiger partial charge in [0.25, 0.3) is 5.91 Å². The first-order valence-electron chi connectivity index (χ1n) is 9.50. The highest BCUT2D eigenvalue weighted by Gasteiger charge is 2.35. The van der Waals surface area contributed by atoms with Crippen molar-refractivity contribution in [3.8, 4) is 0 Å². The van der Waals surface area contributed by atoms with Gasteiger partial charge in [-0.25, -0.2) is 17.1 Å². The third-order valence-corrected chi connectivity index (χ3v) is 7.60. The number of carbonyl (C=O) groups is 1. The van der Waals surface area contributed by atoms with E-state index in [1.165, 1.54) is 44.4 Å². The van der Waals surface area contributed by atoms with Crippen LogP contribution in [0, 0.1) is 5.82 Å². The highest BCUT2D eigenvalue weighted by Crippen LogP contribution is 2.34. The van der Waals surface area contributed by atoms with Crippen LogP contribution in [-0.2, 0) is 20.2 Å². The van der Waals surface area contributed by atoms with Crippen LogP contribution >= 0.6 is 11.6 Å². The van der Waals surface area contributed by atoms with Gasteiger partial charge in [0.1, 0.15) is 5.82 Å². The number of nitrogens with one attached hydrogen (secondary N) is 1. The van der Waals surface area contributed by atoms with Gasteiger partial charge in [0.2, 0.25) is 10.0 Å². The molecule has 1 aliphatic heterocycles. The maximum Gasteiger partial charge on any atom is 0.252 e. The van der Waals surface area contributed by atoms with Gasteiger partial charge >= 0.3 is 0 Å². The minimum Gasteiger partial charge on any atom is -0.381 e. The first-order chi connectivity index (χ1) is 14.2. The van der Waals surface area contributed by atoms with Crippen molar-refractivity contribution in [2.24, 2.45) is 0 Å². The van der Waals surface area contributed by atoms with Crippen LogP contribution in [0.5, 0.6) is 0 Å². The fourth-order valence-corrected chi connectivity index (χ4v) is 4.66. The minimum absolute atomic E-state index is 0.0126. The van der Waals surface area contributed by atoms with E-state index in [1.54, 1.807) is 12.1 Å². The highest BCUT2D eigenvalue weighted by atomic mass is 35.5. The number of ether oxygens (including phenoxy) is 1. The van der Waals surface area contributed by atoms with Crippen LogP contribution in [0.15, 0.2) is 47.4 Å². The van der Waals surface area contributed by atoms with E-state index in [-0.39, 0.29) is 21.3 Å². The number of halogens is 2. The summed E-state index contributed by atoms with van der Waals surface area (Å²) in [4.78, 5) is 12.9. The number of carbonyl (C=O) groups excluding carboxylic acids is 1. The molecule has 0 atom stereocenters. The van der Waals surface area contributed by atoms with Gasteiger partial charge in [-0.15, -0.1) is 0 Å². The predicted molar refractivity (Wildman–Crippen MR) is 113 cm³/mol. The van der Waals surface area contributed by atoms with Gasteiger partial charge in [-0.05, 0) is 48.7 Å². The number of amides is 1. The molecule has 0 saturated carbocycles. The van der Waals surface area contributed by atoms with E-state index in [4.69, 9.17) is 16.3 Å². The van der Waals surface area contributed by atoms with Crippen LogP contribution in [0.1, 0.15) is 28.8 Å². The lowest BCUT2D eigenvalue weighted by molar-refractivity contribution is 0.0487. The summed E-state index contributed by atoms with van der Waals surface area (Å²) in [5.74, 6) is -0.792. The predicted octanol–water partition coefficient (Wildman–Crippen LogP) is 3.21. The standard InChI is InChI=1S/C21H24ClFN2O4S/c1-25(2)30(27,28)17-7-8-19(22)18(13-17)20(26)24-14-21(9-11-29-12-10-21)15-3-5-16(23)6-4-15/h3-8,13H,9-12,14H2,1-2H3,(H,24,26). The molecule has 1 N–H and O–H groups in total. The van der Waals surface area contributed by atoms with Crippen molar-refractivity contribution >= 4 is 27.5 Å². The molecule has 162 valence electrons. The third-order valence-electron chi connectivity index (χ3n) is 5.45. The van der Waals surface area contributed by atoms with Crippen LogP contribution in [0.3, 0.4) is 0 Å². The molecule has 1 saturated heterocycles. The summed E-state index contributed by atoms with van der Waals surface area (Å²) in [6.07, 6.45) is 1.34. The molecule has 0 unspecified atom stereocenters. The molecule has 0 aliphatic carbocycles. The molecule has 1 fully saturated rings. The molecule has 30 heavy (non-hydrogen) atoms. The van der Waals surface area contributed by atoms with Gasteiger partial charge in [0, 0.05) is 39.3 Å². The topological polar surface area (TPSA) is 75.7 Å². The second kappa shape index (κ2) is 9.01. The summed E-state index contributed by atoms with van der Waals surface area (Å²) >= 11 is 6.18. The average Bonchev–Trinajstić information content (AvgIpc) is 2.73. The Morgan fingerprint density at radius 3 is 2.40 bits per heavy atom. The fraction of sp³-hybridized carbons (Fsp3) is 0.381. The van der Waals surface area contributed by atoms with Crippen molar-refractivity contribution in [1.82, 2.24) is 9.62 Å². The number of hydrogen-bond acceptors (Lipinski definition) is 4. The van der Waals surface area contributed by atoms with Crippen molar-refractivity contribution in [2.75, 3.05) is 33.9 Å². The lowest BCUT2D eigenvalue weighted by Gasteiger charge is -2.38. The molecule has 6 nitrogen and oxygen atoms in total. The van der Waals surface area contributed by atoms with Crippen molar-refractivity contribution in [3.63, 3.8) is 0 Å². The molecule has 3 rings (SSSR count). The molecule has 0 aromatic heterocycles. The number of nitrogens with zero attached hydrogens (tertiary/aromatic N) is 1. The molecule has 9 heteroatoms. The quantitative estimate of drug-likeness (QED) is 0.727. The van der Waals surface area contributed by atoms with Gasteiger partial charge in [0.15, 0.2) is 0 Å². The van der Waals surface area contributed by atoms with Crippen molar-refractivity contribution in [2.45, 2.75) is 23.2 Å². The summed E-state index contributed by atoms with van der Waals surface area (Å²) in [6.45, 7) is 1.36. The number of sulfonamides is 1. The second-order valence-corrected chi connectivity index (χ2v) is 10.1. The molecule has 0 radical (unpaired) electrons. The van der Waals surface area contributed by atoms with Crippen molar-refractivity contribution in [3.05, 3.63) is 64.4 Å². The number of hydrogen-bond donors (Lipinski definition) is 1. The van der Waals surface area contributed by atoms with Crippen LogP contribution in [0.4, 0.5) is 4.39 Å². The summed E-state index contributed by atoms with van der Waals surface area (Å²) in [7, 11) is -0.866. The second-order valence-electron chi connectivity index (χ2n) is 7.51. The molecular formula is C21H24ClFN2O4S. The smallest absolute Gasteiger partial charge is 0.252 e. The summed E-state index contributed by atoms with van der Waals surface area (Å²) in [6, 6.07) is 10.3. The summed E-state index contributed by atoms with van der Waals surface area (Å²) < 4.78 is 44.7. The lowest BCUT2D eigenvalue weighted by Crippen LogP contribution is -2.44. The van der Waals surface area contributed by atoms with Gasteiger partial charge in [-0.3, -0.25) is 4.79 Å². The summed E-state index contributed by atoms with van der Waals surface area (Å²) in [5.41, 5.74) is 0.602. The number of rotatable bonds is 6. The van der Waals surface area contributed by atoms with Gasteiger partial charge < -0.3 is 10.1 Å². The Morgan fingerprint density at radius 2 is 1.80 bits per heavy atom. The third kappa shape index (κ3) is 4.67. The summed E-state index contributed by atoms with van der Waals surface area (Å²) in [5, 5.41) is 3.05.